The molecule has 11 atom stereocenters. The molecule has 0 aliphatic heterocycles. The Morgan fingerprint density at radius 1 is 1.11 bits per heavy atom. The van der Waals surface area contributed by atoms with Crippen molar-refractivity contribution in [2.75, 3.05) is 6.61 Å². The van der Waals surface area contributed by atoms with Gasteiger partial charge in [0.15, 0.2) is 5.78 Å². The Morgan fingerprint density at radius 2 is 1.82 bits per heavy atom. The maximum atomic E-state index is 13.8. The van der Waals surface area contributed by atoms with E-state index in [1.54, 1.807) is 13.0 Å². The van der Waals surface area contributed by atoms with E-state index < -0.39 is 12.2 Å². The fourth-order valence-electron chi connectivity index (χ4n) is 9.50. The van der Waals surface area contributed by atoms with Crippen molar-refractivity contribution in [3.8, 4) is 0 Å². The Balaban J connectivity index is 1.57. The number of ether oxygens (including phenoxy) is 1. The predicted octanol–water partition coefficient (Wildman–Crippen LogP) is 5.08. The summed E-state index contributed by atoms with van der Waals surface area (Å²) < 4.78 is 5.64. The summed E-state index contributed by atoms with van der Waals surface area (Å²) >= 11 is 0. The second-order valence-electron chi connectivity index (χ2n) is 14.0. The molecular weight excluding hydrogens is 480 g/mol. The van der Waals surface area contributed by atoms with Crippen LogP contribution in [0, 0.1) is 52.3 Å². The number of aliphatic hydroxyl groups is 3. The molecule has 0 aromatic carbocycles. The molecule has 0 amide bonds. The van der Waals surface area contributed by atoms with Gasteiger partial charge in [0.25, 0.3) is 0 Å². The largest absolute Gasteiger partial charge is 0.462 e. The van der Waals surface area contributed by atoms with Gasteiger partial charge in [0, 0.05) is 37.2 Å². The first kappa shape index (κ1) is 29.7. The molecule has 0 heterocycles. The third-order valence-electron chi connectivity index (χ3n) is 11.6. The first-order valence-corrected chi connectivity index (χ1v) is 15.3. The number of fused-ring (bicyclic) bond motifs is 5. The van der Waals surface area contributed by atoms with E-state index >= 15 is 0 Å². The highest BCUT2D eigenvalue weighted by molar-refractivity contribution is 5.94. The van der Waals surface area contributed by atoms with Crippen LogP contribution in [0.15, 0.2) is 11.6 Å². The zero-order valence-electron chi connectivity index (χ0n) is 24.5. The molecule has 4 aliphatic rings. The molecule has 3 N–H and O–H groups in total. The third kappa shape index (κ3) is 5.14. The highest BCUT2D eigenvalue weighted by Crippen LogP contribution is 2.66. The summed E-state index contributed by atoms with van der Waals surface area (Å²) in [5.41, 5.74) is 0.384. The predicted molar refractivity (Wildman–Crippen MR) is 147 cm³/mol. The molecule has 0 saturated heterocycles. The zero-order chi connectivity index (χ0) is 28.0. The monoisotopic (exact) mass is 532 g/mol. The van der Waals surface area contributed by atoms with Crippen LogP contribution in [0.2, 0.25) is 0 Å². The van der Waals surface area contributed by atoms with Crippen molar-refractivity contribution in [2.45, 2.75) is 118 Å². The van der Waals surface area contributed by atoms with Gasteiger partial charge in [-0.05, 0) is 79.1 Å². The Bertz CT molecular complexity index is 912. The Hall–Kier alpha value is -1.24. The standard InChI is InChI=1S/C32H52O6/c1-7-27(37)38-22-10-12-31(5)21(14-22)15-24(34)28-29-25(35)16-23(32(29,6)17-26(36)30(28)31)19(4)8-9-20(11-13-33)18(2)3/h15,18-20,22-23,25-26,28-30,33,35-36H,7-14,16-17H2,1-6H3/t19-,20-,22+,23?,25-,26-,28?,29?,30?,31+,32-/m1/s1. The number of esters is 1. The van der Waals surface area contributed by atoms with Crippen molar-refractivity contribution in [2.24, 2.45) is 52.3 Å². The molecule has 6 nitrogen and oxygen atoms in total. The van der Waals surface area contributed by atoms with Gasteiger partial charge in [-0.1, -0.05) is 53.5 Å². The zero-order valence-corrected chi connectivity index (χ0v) is 24.5. The summed E-state index contributed by atoms with van der Waals surface area (Å²) in [5.74, 6) is 0.696. The molecule has 3 fully saturated rings. The molecule has 0 radical (unpaired) electrons. The van der Waals surface area contributed by atoms with E-state index in [1.807, 2.05) is 0 Å². The van der Waals surface area contributed by atoms with E-state index in [-0.39, 0.29) is 59.0 Å². The van der Waals surface area contributed by atoms with Crippen molar-refractivity contribution in [3.05, 3.63) is 11.6 Å². The number of rotatable bonds is 9. The van der Waals surface area contributed by atoms with Crippen molar-refractivity contribution < 1.29 is 29.6 Å². The van der Waals surface area contributed by atoms with E-state index in [4.69, 9.17) is 4.74 Å². The summed E-state index contributed by atoms with van der Waals surface area (Å²) in [6.45, 7) is 13.1. The lowest BCUT2D eigenvalue weighted by Gasteiger charge is -2.59. The first-order valence-electron chi connectivity index (χ1n) is 15.3. The minimum Gasteiger partial charge on any atom is -0.462 e. The van der Waals surface area contributed by atoms with Crippen LogP contribution in [0.25, 0.3) is 0 Å². The van der Waals surface area contributed by atoms with Gasteiger partial charge in [0.2, 0.25) is 0 Å². The summed E-state index contributed by atoms with van der Waals surface area (Å²) in [6.07, 6.45) is 7.02. The van der Waals surface area contributed by atoms with Crippen molar-refractivity contribution in [3.63, 3.8) is 0 Å². The summed E-state index contributed by atoms with van der Waals surface area (Å²) in [5, 5.41) is 32.8. The number of ketones is 1. The Morgan fingerprint density at radius 3 is 2.45 bits per heavy atom. The van der Waals surface area contributed by atoms with Crippen LogP contribution in [0.4, 0.5) is 0 Å². The topological polar surface area (TPSA) is 104 Å². The smallest absolute Gasteiger partial charge is 0.305 e. The summed E-state index contributed by atoms with van der Waals surface area (Å²) in [6, 6.07) is 0. The van der Waals surface area contributed by atoms with Crippen LogP contribution < -0.4 is 0 Å². The molecular formula is C32H52O6. The molecule has 0 aromatic rings. The van der Waals surface area contributed by atoms with Gasteiger partial charge in [-0.3, -0.25) is 9.59 Å². The molecule has 38 heavy (non-hydrogen) atoms. The van der Waals surface area contributed by atoms with E-state index in [9.17, 15) is 24.9 Å². The van der Waals surface area contributed by atoms with Gasteiger partial charge in [0.1, 0.15) is 6.10 Å². The minimum absolute atomic E-state index is 0.0371. The fourth-order valence-corrected chi connectivity index (χ4v) is 9.50. The van der Waals surface area contributed by atoms with Crippen LogP contribution in [0.3, 0.4) is 0 Å². The van der Waals surface area contributed by atoms with Gasteiger partial charge < -0.3 is 20.1 Å². The molecule has 0 spiro atoms. The third-order valence-corrected chi connectivity index (χ3v) is 11.6. The van der Waals surface area contributed by atoms with Gasteiger partial charge in [-0.2, -0.15) is 0 Å². The lowest BCUT2D eigenvalue weighted by atomic mass is 9.45. The lowest BCUT2D eigenvalue weighted by molar-refractivity contribution is -0.164. The average Bonchev–Trinajstić information content (AvgIpc) is 3.11. The number of aliphatic hydroxyl groups excluding tert-OH is 3. The molecule has 4 unspecified atom stereocenters. The van der Waals surface area contributed by atoms with Crippen molar-refractivity contribution in [1.29, 1.82) is 0 Å². The average molecular weight is 533 g/mol. The van der Waals surface area contributed by atoms with E-state index in [0.29, 0.717) is 43.4 Å². The van der Waals surface area contributed by atoms with Crippen LogP contribution in [-0.4, -0.2) is 52.0 Å². The normalized spacial score (nSPS) is 42.1. The SMILES string of the molecule is CCC(=O)O[C@H]1CC[C@@]2(C)C(=CC(=O)C3C4[C@H](O)CC([C@H](C)CC[C@H](CCO)C(C)C)[C@@]4(C)C[C@@H](O)C32)C1. The van der Waals surface area contributed by atoms with Gasteiger partial charge in [0.05, 0.1) is 12.2 Å². The van der Waals surface area contributed by atoms with Crippen LogP contribution >= 0.6 is 0 Å². The van der Waals surface area contributed by atoms with Crippen LogP contribution in [0.1, 0.15) is 99.3 Å². The quantitative estimate of drug-likeness (QED) is 0.358. The second kappa shape index (κ2) is 11.3. The second-order valence-corrected chi connectivity index (χ2v) is 14.0. The Kier molecular flexibility index (Phi) is 8.86. The van der Waals surface area contributed by atoms with Gasteiger partial charge >= 0.3 is 5.97 Å². The molecule has 4 rings (SSSR count). The molecule has 0 bridgehead atoms. The van der Waals surface area contributed by atoms with Crippen LogP contribution in [0.5, 0.6) is 0 Å². The molecule has 0 aromatic heterocycles. The highest BCUT2D eigenvalue weighted by atomic mass is 16.5. The molecule has 4 aliphatic carbocycles. The number of carbonyl (C=O) groups is 2. The van der Waals surface area contributed by atoms with Gasteiger partial charge in [-0.15, -0.1) is 0 Å². The molecule has 3 saturated carbocycles. The number of carbonyl (C=O) groups excluding carboxylic acids is 2. The first-order chi connectivity index (χ1) is 17.9. The molecule has 216 valence electrons. The number of hydrogen-bond donors (Lipinski definition) is 3. The summed E-state index contributed by atoms with van der Waals surface area (Å²) in [7, 11) is 0. The maximum absolute atomic E-state index is 13.8. The fraction of sp³-hybridized carbons (Fsp3) is 0.875. The minimum atomic E-state index is -0.605. The molecule has 6 heteroatoms. The van der Waals surface area contributed by atoms with E-state index in [2.05, 4.69) is 34.6 Å². The van der Waals surface area contributed by atoms with E-state index in [0.717, 1.165) is 37.7 Å². The lowest BCUT2D eigenvalue weighted by Crippen LogP contribution is -2.60. The van der Waals surface area contributed by atoms with Crippen molar-refractivity contribution >= 4 is 11.8 Å². The Labute approximate surface area is 229 Å². The van der Waals surface area contributed by atoms with Crippen LogP contribution in [-0.2, 0) is 14.3 Å². The number of allylic oxidation sites excluding steroid dienone is 1. The number of hydrogen-bond acceptors (Lipinski definition) is 6. The van der Waals surface area contributed by atoms with Crippen molar-refractivity contribution in [1.82, 2.24) is 0 Å². The van der Waals surface area contributed by atoms with E-state index in [1.165, 1.54) is 0 Å². The van der Waals surface area contributed by atoms with Gasteiger partial charge in [-0.25, -0.2) is 0 Å². The highest BCUT2D eigenvalue weighted by Gasteiger charge is 2.66. The summed E-state index contributed by atoms with van der Waals surface area (Å²) in [4.78, 5) is 25.7. The maximum Gasteiger partial charge on any atom is 0.305 e.